The average Bonchev–Trinajstić information content (AvgIpc) is 3.16. The van der Waals surface area contributed by atoms with Crippen LogP contribution in [-0.2, 0) is 25.9 Å². The summed E-state index contributed by atoms with van der Waals surface area (Å²) in [6, 6.07) is 1.95. The van der Waals surface area contributed by atoms with Gasteiger partial charge in [-0.2, -0.15) is 5.10 Å². The van der Waals surface area contributed by atoms with Crippen LogP contribution in [0.4, 0.5) is 0 Å². The number of fused-ring (bicyclic) bond motifs is 2. The highest BCUT2D eigenvalue weighted by Crippen LogP contribution is 2.15. The molecule has 1 unspecified atom stereocenters. The molecule has 0 fully saturated rings. The fourth-order valence-electron chi connectivity index (χ4n) is 3.12. The third-order valence-electron chi connectivity index (χ3n) is 4.42. The summed E-state index contributed by atoms with van der Waals surface area (Å²) in [4.78, 5) is 22.1. The topological polar surface area (TPSA) is 77.1 Å². The molecular weight excluding hydrogens is 324 g/mol. The fraction of sp³-hybridized carbons (Fsp3) is 0.500. The molecular formula is C16H20N6OS. The molecule has 126 valence electrons. The molecule has 7 nitrogen and oxygen atoms in total. The van der Waals surface area contributed by atoms with E-state index in [-0.39, 0.29) is 5.56 Å². The smallest absolute Gasteiger partial charge is 0.259 e. The minimum Gasteiger partial charge on any atom is -0.307 e. The average molecular weight is 344 g/mol. The standard InChI is InChI=1S/C16H20N6OS/c1-3-13-19-14-5-4-11(8-21(14)20-13)17-7-12-6-15(23)22-10(2)9-24-16(22)18-12/h6,9,11,17H,3-5,7-8H2,1-2H3. The van der Waals surface area contributed by atoms with Crippen molar-refractivity contribution in [3.05, 3.63) is 44.8 Å². The van der Waals surface area contributed by atoms with Crippen LogP contribution in [0.3, 0.4) is 0 Å². The van der Waals surface area contributed by atoms with Crippen molar-refractivity contribution in [3.8, 4) is 0 Å². The Kier molecular flexibility index (Phi) is 3.93. The van der Waals surface area contributed by atoms with Gasteiger partial charge in [-0.25, -0.2) is 14.6 Å². The van der Waals surface area contributed by atoms with E-state index in [0.717, 1.165) is 53.8 Å². The van der Waals surface area contributed by atoms with Gasteiger partial charge in [-0.1, -0.05) is 6.92 Å². The molecule has 0 radical (unpaired) electrons. The summed E-state index contributed by atoms with van der Waals surface area (Å²) in [5.41, 5.74) is 1.72. The Balaban J connectivity index is 1.46. The van der Waals surface area contributed by atoms with E-state index < -0.39 is 0 Å². The lowest BCUT2D eigenvalue weighted by molar-refractivity contribution is 0.356. The first kappa shape index (κ1) is 15.5. The second-order valence-electron chi connectivity index (χ2n) is 6.18. The molecule has 1 aliphatic heterocycles. The third kappa shape index (κ3) is 2.76. The zero-order valence-electron chi connectivity index (χ0n) is 13.8. The summed E-state index contributed by atoms with van der Waals surface area (Å²) in [6.07, 6.45) is 2.83. The van der Waals surface area contributed by atoms with Gasteiger partial charge in [0.05, 0.1) is 12.2 Å². The van der Waals surface area contributed by atoms with Gasteiger partial charge in [0.1, 0.15) is 5.82 Å². The Morgan fingerprint density at radius 3 is 3.12 bits per heavy atom. The van der Waals surface area contributed by atoms with Gasteiger partial charge in [-0.3, -0.25) is 9.20 Å². The van der Waals surface area contributed by atoms with E-state index in [1.165, 1.54) is 11.3 Å². The number of nitrogens with one attached hydrogen (secondary N) is 1. The maximum absolute atomic E-state index is 12.2. The summed E-state index contributed by atoms with van der Waals surface area (Å²) in [5, 5.41) is 10.00. The highest BCUT2D eigenvalue weighted by molar-refractivity contribution is 7.15. The Morgan fingerprint density at radius 2 is 2.29 bits per heavy atom. The van der Waals surface area contributed by atoms with Crippen molar-refractivity contribution in [3.63, 3.8) is 0 Å². The summed E-state index contributed by atoms with van der Waals surface area (Å²) in [7, 11) is 0. The molecule has 4 rings (SSSR count). The zero-order valence-corrected chi connectivity index (χ0v) is 14.6. The van der Waals surface area contributed by atoms with E-state index in [4.69, 9.17) is 0 Å². The third-order valence-corrected chi connectivity index (χ3v) is 5.36. The maximum atomic E-state index is 12.2. The Labute approximate surface area is 143 Å². The van der Waals surface area contributed by atoms with Gasteiger partial charge in [-0.15, -0.1) is 11.3 Å². The van der Waals surface area contributed by atoms with E-state index in [9.17, 15) is 4.79 Å². The number of nitrogens with zero attached hydrogens (tertiary/aromatic N) is 5. The van der Waals surface area contributed by atoms with Gasteiger partial charge in [0.25, 0.3) is 5.56 Å². The van der Waals surface area contributed by atoms with E-state index in [1.807, 2.05) is 17.0 Å². The number of aromatic nitrogens is 5. The molecule has 1 atom stereocenters. The lowest BCUT2D eigenvalue weighted by Gasteiger charge is -2.23. The van der Waals surface area contributed by atoms with Crippen LogP contribution in [0, 0.1) is 6.92 Å². The van der Waals surface area contributed by atoms with Crippen LogP contribution in [0.1, 0.15) is 36.4 Å². The lowest BCUT2D eigenvalue weighted by Crippen LogP contribution is -2.37. The van der Waals surface area contributed by atoms with Crippen molar-refractivity contribution in [2.75, 3.05) is 0 Å². The number of aryl methyl sites for hydroxylation is 3. The molecule has 0 saturated carbocycles. The maximum Gasteiger partial charge on any atom is 0.259 e. The van der Waals surface area contributed by atoms with Crippen LogP contribution in [0.25, 0.3) is 4.96 Å². The van der Waals surface area contributed by atoms with Crippen molar-refractivity contribution in [1.29, 1.82) is 0 Å². The van der Waals surface area contributed by atoms with Crippen molar-refractivity contribution < 1.29 is 0 Å². The van der Waals surface area contributed by atoms with Crippen LogP contribution in [-0.4, -0.2) is 30.2 Å². The molecule has 8 heteroatoms. The molecule has 0 spiro atoms. The minimum absolute atomic E-state index is 0.00894. The lowest BCUT2D eigenvalue weighted by atomic mass is 10.1. The van der Waals surface area contributed by atoms with Crippen LogP contribution in [0.15, 0.2) is 16.2 Å². The summed E-state index contributed by atoms with van der Waals surface area (Å²) in [5.74, 6) is 2.00. The molecule has 1 N–H and O–H groups in total. The molecule has 3 aromatic rings. The highest BCUT2D eigenvalue weighted by Gasteiger charge is 2.21. The van der Waals surface area contributed by atoms with Crippen LogP contribution < -0.4 is 10.9 Å². The van der Waals surface area contributed by atoms with Gasteiger partial charge >= 0.3 is 0 Å². The number of thiazole rings is 1. The predicted molar refractivity (Wildman–Crippen MR) is 92.4 cm³/mol. The second kappa shape index (κ2) is 6.10. The largest absolute Gasteiger partial charge is 0.307 e. The molecule has 0 amide bonds. The molecule has 4 heterocycles. The van der Waals surface area contributed by atoms with Crippen LogP contribution >= 0.6 is 11.3 Å². The van der Waals surface area contributed by atoms with Crippen LogP contribution in [0.2, 0.25) is 0 Å². The monoisotopic (exact) mass is 344 g/mol. The number of hydrogen-bond acceptors (Lipinski definition) is 6. The SMILES string of the molecule is CCc1nc2n(n1)CC(NCc1cc(=O)n3c(C)csc3n1)CC2. The quantitative estimate of drug-likeness (QED) is 0.772. The predicted octanol–water partition coefficient (Wildman–Crippen LogP) is 1.32. The number of hydrogen-bond donors (Lipinski definition) is 1. The normalized spacial score (nSPS) is 17.3. The molecule has 0 aromatic carbocycles. The van der Waals surface area contributed by atoms with Gasteiger partial charge in [0.15, 0.2) is 10.8 Å². The van der Waals surface area contributed by atoms with E-state index in [0.29, 0.717) is 12.6 Å². The molecule has 0 bridgehead atoms. The van der Waals surface area contributed by atoms with Gasteiger partial charge < -0.3 is 5.32 Å². The van der Waals surface area contributed by atoms with Gasteiger partial charge in [-0.05, 0) is 13.3 Å². The molecule has 0 aliphatic carbocycles. The van der Waals surface area contributed by atoms with E-state index >= 15 is 0 Å². The Morgan fingerprint density at radius 1 is 1.42 bits per heavy atom. The molecule has 0 saturated heterocycles. The van der Waals surface area contributed by atoms with Crippen molar-refractivity contribution in [2.24, 2.45) is 0 Å². The van der Waals surface area contributed by atoms with Crippen molar-refractivity contribution in [2.45, 2.75) is 52.2 Å². The second-order valence-corrected chi connectivity index (χ2v) is 7.01. The zero-order chi connectivity index (χ0) is 16.7. The minimum atomic E-state index is -0.00894. The summed E-state index contributed by atoms with van der Waals surface area (Å²) >= 11 is 1.50. The van der Waals surface area contributed by atoms with Crippen molar-refractivity contribution in [1.82, 2.24) is 29.5 Å². The Hall–Kier alpha value is -2.06. The molecule has 3 aromatic heterocycles. The first-order valence-corrected chi connectivity index (χ1v) is 9.14. The first-order chi connectivity index (χ1) is 11.6. The highest BCUT2D eigenvalue weighted by atomic mass is 32.1. The van der Waals surface area contributed by atoms with Crippen LogP contribution in [0.5, 0.6) is 0 Å². The molecule has 24 heavy (non-hydrogen) atoms. The van der Waals surface area contributed by atoms with E-state index in [2.05, 4.69) is 27.3 Å². The summed E-state index contributed by atoms with van der Waals surface area (Å²) in [6.45, 7) is 5.41. The first-order valence-electron chi connectivity index (χ1n) is 8.27. The van der Waals surface area contributed by atoms with Gasteiger partial charge in [0.2, 0.25) is 0 Å². The Bertz CT molecular complexity index is 940. The van der Waals surface area contributed by atoms with Crippen molar-refractivity contribution >= 4 is 16.3 Å². The van der Waals surface area contributed by atoms with E-state index in [1.54, 1.807) is 10.5 Å². The summed E-state index contributed by atoms with van der Waals surface area (Å²) < 4.78 is 3.66. The fourth-order valence-corrected chi connectivity index (χ4v) is 4.01. The molecule has 1 aliphatic rings. The van der Waals surface area contributed by atoms with Gasteiger partial charge in [0, 0.05) is 42.6 Å². The number of rotatable bonds is 4.